The van der Waals surface area contributed by atoms with E-state index >= 15 is 0 Å². The number of amides is 1. The average molecular weight is 441 g/mol. The third kappa shape index (κ3) is 5.43. The molecule has 7 nitrogen and oxygen atoms in total. The van der Waals surface area contributed by atoms with E-state index in [1.54, 1.807) is 49.4 Å². The summed E-state index contributed by atoms with van der Waals surface area (Å²) in [6.07, 6.45) is 1.87. The number of nitrogens with zero attached hydrogens (tertiary/aromatic N) is 3. The Labute approximate surface area is 184 Å². The molecule has 1 aliphatic rings. The molecule has 0 bridgehead atoms. The fourth-order valence-corrected chi connectivity index (χ4v) is 5.48. The molecule has 0 unspecified atom stereocenters. The summed E-state index contributed by atoms with van der Waals surface area (Å²) in [5.74, 6) is -0.337. The van der Waals surface area contributed by atoms with Gasteiger partial charge in [0.1, 0.15) is 4.90 Å². The summed E-state index contributed by atoms with van der Waals surface area (Å²) < 4.78 is 28.2. The molecule has 8 heteroatoms. The number of hydrogen-bond acceptors (Lipinski definition) is 5. The average Bonchev–Trinajstić information content (AvgIpc) is 2.79. The number of rotatable bonds is 8. The van der Waals surface area contributed by atoms with Crippen molar-refractivity contribution in [3.63, 3.8) is 0 Å². The highest BCUT2D eigenvalue weighted by Crippen LogP contribution is 2.29. The largest absolute Gasteiger partial charge is 0.325 e. The Morgan fingerprint density at radius 1 is 1.13 bits per heavy atom. The zero-order valence-electron chi connectivity index (χ0n) is 17.7. The molecule has 0 radical (unpaired) electrons. The number of nitrogens with one attached hydrogen (secondary N) is 1. The third-order valence-corrected chi connectivity index (χ3v) is 7.50. The van der Waals surface area contributed by atoms with E-state index in [0.717, 1.165) is 19.6 Å². The molecule has 0 aromatic heterocycles. The Bertz CT molecular complexity index is 1030. The first kappa shape index (κ1) is 22.8. The lowest BCUT2D eigenvalue weighted by Crippen LogP contribution is -2.38. The minimum absolute atomic E-state index is 0.0838. The van der Waals surface area contributed by atoms with Gasteiger partial charge in [0.05, 0.1) is 17.4 Å². The Morgan fingerprint density at radius 3 is 2.42 bits per heavy atom. The van der Waals surface area contributed by atoms with Crippen LogP contribution in [0.4, 0.5) is 11.4 Å². The van der Waals surface area contributed by atoms with Crippen molar-refractivity contribution in [1.82, 2.24) is 4.90 Å². The summed E-state index contributed by atoms with van der Waals surface area (Å²) in [7, 11) is -3.85. The number of hydrogen-bond donors (Lipinski definition) is 1. The van der Waals surface area contributed by atoms with Gasteiger partial charge in [0.2, 0.25) is 5.91 Å². The van der Waals surface area contributed by atoms with E-state index in [1.165, 1.54) is 10.4 Å². The highest BCUT2D eigenvalue weighted by Gasteiger charge is 2.29. The smallest absolute Gasteiger partial charge is 0.266 e. The Morgan fingerprint density at radius 2 is 1.77 bits per heavy atom. The standard InChI is InChI=1S/C23H28N4O3S/c1-2-27(20-9-4-3-5-10-20)31(29,30)22-12-7-6-11-21(22)25-23(28)19-13-17-26(18-14-19)16-8-15-24/h3-7,9-12,19H,2,8,13-14,16-18H2,1H3,(H,25,28). The van der Waals surface area contributed by atoms with Crippen molar-refractivity contribution in [1.29, 1.82) is 5.26 Å². The van der Waals surface area contributed by atoms with Crippen LogP contribution in [-0.4, -0.2) is 45.4 Å². The number of likely N-dealkylation sites (tertiary alicyclic amines) is 1. The van der Waals surface area contributed by atoms with Crippen molar-refractivity contribution in [2.24, 2.45) is 5.92 Å². The molecule has 2 aromatic carbocycles. The summed E-state index contributed by atoms with van der Waals surface area (Å²) in [5.41, 5.74) is 0.879. The normalized spacial score (nSPS) is 15.2. The van der Waals surface area contributed by atoms with Gasteiger partial charge in [-0.1, -0.05) is 30.3 Å². The van der Waals surface area contributed by atoms with E-state index in [9.17, 15) is 13.2 Å². The predicted molar refractivity (Wildman–Crippen MR) is 121 cm³/mol. The van der Waals surface area contributed by atoms with Gasteiger partial charge in [-0.2, -0.15) is 5.26 Å². The van der Waals surface area contributed by atoms with Crippen molar-refractivity contribution in [2.75, 3.05) is 35.8 Å². The van der Waals surface area contributed by atoms with Crippen LogP contribution in [0.2, 0.25) is 0 Å². The van der Waals surface area contributed by atoms with Crippen LogP contribution in [0, 0.1) is 17.2 Å². The van der Waals surface area contributed by atoms with E-state index in [1.807, 2.05) is 6.07 Å². The summed E-state index contributed by atoms with van der Waals surface area (Å²) in [6.45, 7) is 4.30. The van der Waals surface area contributed by atoms with E-state index in [-0.39, 0.29) is 23.3 Å². The summed E-state index contributed by atoms with van der Waals surface area (Å²) in [5, 5.41) is 11.6. The maximum atomic E-state index is 13.4. The third-order valence-electron chi connectivity index (χ3n) is 5.54. The number of benzene rings is 2. The second-order valence-corrected chi connectivity index (χ2v) is 9.35. The first-order chi connectivity index (χ1) is 15.0. The quantitative estimate of drug-likeness (QED) is 0.678. The van der Waals surface area contributed by atoms with E-state index in [2.05, 4.69) is 16.3 Å². The van der Waals surface area contributed by atoms with Crippen LogP contribution in [0.15, 0.2) is 59.5 Å². The summed E-state index contributed by atoms with van der Waals surface area (Å²) >= 11 is 0. The lowest BCUT2D eigenvalue weighted by atomic mass is 9.95. The molecule has 164 valence electrons. The van der Waals surface area contributed by atoms with Crippen molar-refractivity contribution in [3.05, 3.63) is 54.6 Å². The molecule has 1 saturated heterocycles. The van der Waals surface area contributed by atoms with Crippen molar-refractivity contribution < 1.29 is 13.2 Å². The molecule has 0 atom stereocenters. The van der Waals surface area contributed by atoms with Gasteiger partial charge in [-0.15, -0.1) is 0 Å². The van der Waals surface area contributed by atoms with Crippen LogP contribution in [-0.2, 0) is 14.8 Å². The van der Waals surface area contributed by atoms with Gasteiger partial charge in [0, 0.05) is 25.4 Å². The zero-order valence-corrected chi connectivity index (χ0v) is 18.5. The number of para-hydroxylation sites is 2. The van der Waals surface area contributed by atoms with Crippen molar-refractivity contribution in [2.45, 2.75) is 31.1 Å². The maximum absolute atomic E-state index is 13.4. The molecular formula is C23H28N4O3S. The molecule has 1 aliphatic heterocycles. The molecule has 1 fully saturated rings. The molecular weight excluding hydrogens is 412 g/mol. The van der Waals surface area contributed by atoms with Crippen LogP contribution in [0.25, 0.3) is 0 Å². The van der Waals surface area contributed by atoms with Gasteiger partial charge in [0.15, 0.2) is 0 Å². The Balaban J connectivity index is 1.76. The molecule has 3 rings (SSSR count). The number of sulfonamides is 1. The summed E-state index contributed by atoms with van der Waals surface area (Å²) in [4.78, 5) is 15.2. The van der Waals surface area contributed by atoms with Gasteiger partial charge in [-0.05, 0) is 57.1 Å². The number of piperidine rings is 1. The fraction of sp³-hybridized carbons (Fsp3) is 0.391. The first-order valence-electron chi connectivity index (χ1n) is 10.5. The topological polar surface area (TPSA) is 93.5 Å². The lowest BCUT2D eigenvalue weighted by molar-refractivity contribution is -0.121. The Kier molecular flexibility index (Phi) is 7.66. The number of carbonyl (C=O) groups excluding carboxylic acids is 1. The second-order valence-electron chi connectivity index (χ2n) is 7.51. The van der Waals surface area contributed by atoms with Gasteiger partial charge >= 0.3 is 0 Å². The predicted octanol–water partition coefficient (Wildman–Crippen LogP) is 3.47. The SMILES string of the molecule is CCN(c1ccccc1)S(=O)(=O)c1ccccc1NC(=O)C1CCN(CCC#N)CC1. The molecule has 1 N–H and O–H groups in total. The minimum Gasteiger partial charge on any atom is -0.325 e. The minimum atomic E-state index is -3.85. The second kappa shape index (κ2) is 10.4. The lowest BCUT2D eigenvalue weighted by Gasteiger charge is -2.31. The van der Waals surface area contributed by atoms with Crippen molar-refractivity contribution in [3.8, 4) is 6.07 Å². The van der Waals surface area contributed by atoms with Gasteiger partial charge < -0.3 is 10.2 Å². The molecule has 0 spiro atoms. The van der Waals surface area contributed by atoms with Gasteiger partial charge in [-0.3, -0.25) is 9.10 Å². The molecule has 2 aromatic rings. The number of anilines is 2. The highest BCUT2D eigenvalue weighted by molar-refractivity contribution is 7.93. The van der Waals surface area contributed by atoms with Gasteiger partial charge in [-0.25, -0.2) is 8.42 Å². The number of carbonyl (C=O) groups is 1. The fourth-order valence-electron chi connectivity index (χ4n) is 3.86. The van der Waals surface area contributed by atoms with Crippen LogP contribution < -0.4 is 9.62 Å². The molecule has 1 heterocycles. The first-order valence-corrected chi connectivity index (χ1v) is 12.0. The monoisotopic (exact) mass is 440 g/mol. The molecule has 1 amide bonds. The van der Waals surface area contributed by atoms with Crippen LogP contribution in [0.3, 0.4) is 0 Å². The van der Waals surface area contributed by atoms with Crippen LogP contribution >= 0.6 is 0 Å². The molecule has 31 heavy (non-hydrogen) atoms. The van der Waals surface area contributed by atoms with Crippen LogP contribution in [0.5, 0.6) is 0 Å². The van der Waals surface area contributed by atoms with Crippen molar-refractivity contribution >= 4 is 27.3 Å². The zero-order chi connectivity index (χ0) is 22.3. The van der Waals surface area contributed by atoms with Gasteiger partial charge in [0.25, 0.3) is 10.0 Å². The molecule has 0 saturated carbocycles. The summed E-state index contributed by atoms with van der Waals surface area (Å²) in [6, 6.07) is 17.6. The number of nitriles is 1. The van der Waals surface area contributed by atoms with E-state index in [4.69, 9.17) is 5.26 Å². The van der Waals surface area contributed by atoms with E-state index < -0.39 is 10.0 Å². The Hall–Kier alpha value is -2.89. The highest BCUT2D eigenvalue weighted by atomic mass is 32.2. The van der Waals surface area contributed by atoms with E-state index in [0.29, 0.717) is 30.6 Å². The maximum Gasteiger partial charge on any atom is 0.266 e. The van der Waals surface area contributed by atoms with Crippen LogP contribution in [0.1, 0.15) is 26.2 Å². The molecule has 0 aliphatic carbocycles.